The lowest BCUT2D eigenvalue weighted by Gasteiger charge is -2.24. The van der Waals surface area contributed by atoms with E-state index in [0.29, 0.717) is 5.75 Å². The van der Waals surface area contributed by atoms with Gasteiger partial charge in [0.2, 0.25) is 0 Å². The SMILES string of the molecule is CCc1cc(O)cc2c1CCC[C@H]2N. The Labute approximate surface area is 84.7 Å². The first-order chi connectivity index (χ1) is 6.72. The number of benzene rings is 1. The molecule has 0 aromatic heterocycles. The lowest BCUT2D eigenvalue weighted by molar-refractivity contribution is 0.469. The van der Waals surface area contributed by atoms with Crippen molar-refractivity contribution in [1.29, 1.82) is 0 Å². The normalized spacial score (nSPS) is 20.6. The van der Waals surface area contributed by atoms with Crippen molar-refractivity contribution in [3.05, 3.63) is 28.8 Å². The van der Waals surface area contributed by atoms with Crippen molar-refractivity contribution in [2.75, 3.05) is 0 Å². The van der Waals surface area contributed by atoms with E-state index in [1.165, 1.54) is 17.5 Å². The number of fused-ring (bicyclic) bond motifs is 1. The van der Waals surface area contributed by atoms with Gasteiger partial charge in [-0.05, 0) is 54.5 Å². The van der Waals surface area contributed by atoms with E-state index in [9.17, 15) is 5.11 Å². The van der Waals surface area contributed by atoms with Gasteiger partial charge in [-0.3, -0.25) is 0 Å². The van der Waals surface area contributed by atoms with E-state index in [2.05, 4.69) is 6.92 Å². The molecule has 2 rings (SSSR count). The van der Waals surface area contributed by atoms with Crippen LogP contribution in [0.3, 0.4) is 0 Å². The highest BCUT2D eigenvalue weighted by molar-refractivity contribution is 5.44. The minimum absolute atomic E-state index is 0.121. The molecule has 1 aliphatic rings. The predicted molar refractivity (Wildman–Crippen MR) is 57.4 cm³/mol. The van der Waals surface area contributed by atoms with Gasteiger partial charge in [0.05, 0.1) is 0 Å². The molecule has 1 aromatic rings. The minimum Gasteiger partial charge on any atom is -0.508 e. The average Bonchev–Trinajstić information content (AvgIpc) is 2.18. The van der Waals surface area contributed by atoms with E-state index in [1.54, 1.807) is 0 Å². The number of phenolic OH excluding ortho intramolecular Hbond substituents is 1. The quantitative estimate of drug-likeness (QED) is 0.715. The van der Waals surface area contributed by atoms with E-state index in [-0.39, 0.29) is 6.04 Å². The second-order valence-electron chi connectivity index (χ2n) is 4.02. The van der Waals surface area contributed by atoms with Crippen LogP contribution in [0.2, 0.25) is 0 Å². The van der Waals surface area contributed by atoms with Crippen LogP contribution in [0, 0.1) is 0 Å². The Morgan fingerprint density at radius 3 is 3.00 bits per heavy atom. The van der Waals surface area contributed by atoms with Crippen molar-refractivity contribution in [1.82, 2.24) is 0 Å². The van der Waals surface area contributed by atoms with Crippen molar-refractivity contribution in [2.24, 2.45) is 5.73 Å². The Morgan fingerprint density at radius 1 is 1.50 bits per heavy atom. The smallest absolute Gasteiger partial charge is 0.116 e. The molecule has 0 spiro atoms. The van der Waals surface area contributed by atoms with Gasteiger partial charge in [0, 0.05) is 6.04 Å². The number of nitrogens with two attached hydrogens (primary N) is 1. The van der Waals surface area contributed by atoms with Gasteiger partial charge in [-0.25, -0.2) is 0 Å². The maximum absolute atomic E-state index is 9.56. The summed E-state index contributed by atoms with van der Waals surface area (Å²) in [5.74, 6) is 0.359. The molecule has 2 heteroatoms. The van der Waals surface area contributed by atoms with Gasteiger partial charge < -0.3 is 10.8 Å². The Bertz CT molecular complexity index is 346. The van der Waals surface area contributed by atoms with E-state index in [1.807, 2.05) is 12.1 Å². The number of phenols is 1. The molecule has 0 heterocycles. The van der Waals surface area contributed by atoms with Crippen LogP contribution in [0.5, 0.6) is 5.75 Å². The first-order valence-corrected chi connectivity index (χ1v) is 5.32. The Morgan fingerprint density at radius 2 is 2.29 bits per heavy atom. The molecule has 1 atom stereocenters. The summed E-state index contributed by atoms with van der Waals surface area (Å²) < 4.78 is 0. The maximum Gasteiger partial charge on any atom is 0.116 e. The molecule has 2 nitrogen and oxygen atoms in total. The Hall–Kier alpha value is -1.02. The molecule has 1 aliphatic carbocycles. The molecule has 0 fully saturated rings. The fraction of sp³-hybridized carbons (Fsp3) is 0.500. The first-order valence-electron chi connectivity index (χ1n) is 5.32. The van der Waals surface area contributed by atoms with Crippen LogP contribution in [0.25, 0.3) is 0 Å². The fourth-order valence-corrected chi connectivity index (χ4v) is 2.34. The molecule has 0 amide bonds. The van der Waals surface area contributed by atoms with E-state index in [4.69, 9.17) is 5.73 Å². The standard InChI is InChI=1S/C12H17NO/c1-2-8-6-9(14)7-11-10(8)4-3-5-12(11)13/h6-7,12,14H,2-5,13H2,1H3/t12-/m1/s1. The van der Waals surface area contributed by atoms with Gasteiger partial charge in [-0.2, -0.15) is 0 Å². The van der Waals surface area contributed by atoms with Crippen LogP contribution < -0.4 is 5.73 Å². The van der Waals surface area contributed by atoms with Crippen LogP contribution in [0.15, 0.2) is 12.1 Å². The molecule has 3 N–H and O–H groups in total. The molecule has 76 valence electrons. The Kier molecular flexibility index (Phi) is 2.46. The maximum atomic E-state index is 9.56. The third-order valence-corrected chi connectivity index (χ3v) is 3.08. The van der Waals surface area contributed by atoms with Gasteiger partial charge in [0.25, 0.3) is 0 Å². The lowest BCUT2D eigenvalue weighted by atomic mass is 9.84. The Balaban J connectivity index is 2.54. The summed E-state index contributed by atoms with van der Waals surface area (Å²) in [7, 11) is 0. The highest BCUT2D eigenvalue weighted by atomic mass is 16.3. The van der Waals surface area contributed by atoms with Crippen LogP contribution >= 0.6 is 0 Å². The fourth-order valence-electron chi connectivity index (χ4n) is 2.34. The van der Waals surface area contributed by atoms with Gasteiger partial charge in [0.1, 0.15) is 5.75 Å². The molecule has 0 radical (unpaired) electrons. The molecule has 0 bridgehead atoms. The molecule has 0 saturated heterocycles. The first kappa shape index (κ1) is 9.53. The zero-order chi connectivity index (χ0) is 10.1. The van der Waals surface area contributed by atoms with Crippen LogP contribution in [0.4, 0.5) is 0 Å². The molecular weight excluding hydrogens is 174 g/mol. The van der Waals surface area contributed by atoms with Gasteiger partial charge in [0.15, 0.2) is 0 Å². The van der Waals surface area contributed by atoms with Crippen molar-refractivity contribution in [2.45, 2.75) is 38.6 Å². The second-order valence-corrected chi connectivity index (χ2v) is 4.02. The monoisotopic (exact) mass is 191 g/mol. The van der Waals surface area contributed by atoms with E-state index < -0.39 is 0 Å². The zero-order valence-corrected chi connectivity index (χ0v) is 8.59. The molecule has 0 aliphatic heterocycles. The second kappa shape index (κ2) is 3.62. The van der Waals surface area contributed by atoms with Crippen molar-refractivity contribution in [3.63, 3.8) is 0 Å². The number of hydrogen-bond donors (Lipinski definition) is 2. The van der Waals surface area contributed by atoms with Crippen molar-refractivity contribution in [3.8, 4) is 5.75 Å². The van der Waals surface area contributed by atoms with E-state index in [0.717, 1.165) is 24.8 Å². The van der Waals surface area contributed by atoms with Crippen molar-refractivity contribution < 1.29 is 5.11 Å². The molecule has 14 heavy (non-hydrogen) atoms. The summed E-state index contributed by atoms with van der Waals surface area (Å²) in [6.07, 6.45) is 4.31. The number of rotatable bonds is 1. The van der Waals surface area contributed by atoms with Gasteiger partial charge >= 0.3 is 0 Å². The summed E-state index contributed by atoms with van der Waals surface area (Å²) in [4.78, 5) is 0. The summed E-state index contributed by atoms with van der Waals surface area (Å²) in [5, 5.41) is 9.56. The zero-order valence-electron chi connectivity index (χ0n) is 8.59. The molecular formula is C12H17NO. The third-order valence-electron chi connectivity index (χ3n) is 3.08. The molecule has 1 aromatic carbocycles. The topological polar surface area (TPSA) is 46.2 Å². The predicted octanol–water partition coefficient (Wildman–Crippen LogP) is 2.29. The van der Waals surface area contributed by atoms with Gasteiger partial charge in [-0.15, -0.1) is 0 Å². The average molecular weight is 191 g/mol. The largest absolute Gasteiger partial charge is 0.508 e. The number of aryl methyl sites for hydroxylation is 1. The number of aromatic hydroxyl groups is 1. The highest BCUT2D eigenvalue weighted by Crippen LogP contribution is 2.33. The summed E-state index contributed by atoms with van der Waals surface area (Å²) >= 11 is 0. The lowest BCUT2D eigenvalue weighted by Crippen LogP contribution is -2.18. The molecule has 0 unspecified atom stereocenters. The van der Waals surface area contributed by atoms with Crippen LogP contribution in [-0.4, -0.2) is 5.11 Å². The van der Waals surface area contributed by atoms with Crippen molar-refractivity contribution >= 4 is 0 Å². The highest BCUT2D eigenvalue weighted by Gasteiger charge is 2.19. The summed E-state index contributed by atoms with van der Waals surface area (Å²) in [5.41, 5.74) is 9.83. The molecule has 0 saturated carbocycles. The van der Waals surface area contributed by atoms with Crippen LogP contribution in [-0.2, 0) is 12.8 Å². The van der Waals surface area contributed by atoms with E-state index >= 15 is 0 Å². The third kappa shape index (κ3) is 1.50. The summed E-state index contributed by atoms with van der Waals surface area (Å²) in [6.45, 7) is 2.12. The van der Waals surface area contributed by atoms with Gasteiger partial charge in [-0.1, -0.05) is 6.92 Å². The summed E-state index contributed by atoms with van der Waals surface area (Å²) in [6, 6.07) is 3.82. The minimum atomic E-state index is 0.121. The van der Waals surface area contributed by atoms with Crippen LogP contribution in [0.1, 0.15) is 42.5 Å². The number of hydrogen-bond acceptors (Lipinski definition) is 2.